The summed E-state index contributed by atoms with van der Waals surface area (Å²) in [5.74, 6) is 0.677. The van der Waals surface area contributed by atoms with Gasteiger partial charge in [-0.05, 0) is 25.0 Å². The molecule has 7 rings (SSSR count). The van der Waals surface area contributed by atoms with Gasteiger partial charge in [0.2, 0.25) is 16.0 Å². The third-order valence-electron chi connectivity index (χ3n) is 7.99. The average Bonchev–Trinajstić information content (AvgIpc) is 3.44. The molecule has 0 spiro atoms. The van der Waals surface area contributed by atoms with Crippen LogP contribution in [0.15, 0.2) is 24.7 Å². The highest BCUT2D eigenvalue weighted by atomic mass is 32.2. The summed E-state index contributed by atoms with van der Waals surface area (Å²) in [6, 6.07) is 3.00. The van der Waals surface area contributed by atoms with Gasteiger partial charge in [0.25, 0.3) is 5.91 Å². The summed E-state index contributed by atoms with van der Waals surface area (Å²) in [5, 5.41) is 3.24. The van der Waals surface area contributed by atoms with Gasteiger partial charge in [-0.3, -0.25) is 9.20 Å². The number of carbonyl (C=O) groups is 1. The standard InChI is InChI=1S/C25H28FN7O4S/c1-38(35,36)30-7-8-31-16(12-30)13-32(15-2-3-15)24(34)22-23-20(31)11-28-25(33(23)14-29-22)27-10-18-17-6-9-37-21(17)5-4-19(18)26/h4-5,11,14-16H,2-3,6-10,12-13H2,1H3,(H,27,28)/t16-/m1/s1. The Balaban J connectivity index is 1.28. The van der Waals surface area contributed by atoms with Gasteiger partial charge in [-0.15, -0.1) is 0 Å². The molecule has 1 N–H and O–H groups in total. The number of amides is 1. The number of carbonyl (C=O) groups excluding carboxylic acids is 1. The molecule has 1 saturated heterocycles. The summed E-state index contributed by atoms with van der Waals surface area (Å²) in [7, 11) is -3.36. The second kappa shape index (κ2) is 8.53. The molecule has 2 aromatic heterocycles. The van der Waals surface area contributed by atoms with Gasteiger partial charge in [0.05, 0.1) is 30.8 Å². The van der Waals surface area contributed by atoms with Gasteiger partial charge in [0.1, 0.15) is 23.4 Å². The van der Waals surface area contributed by atoms with Gasteiger partial charge in [-0.2, -0.15) is 4.31 Å². The van der Waals surface area contributed by atoms with Crippen molar-refractivity contribution in [3.63, 3.8) is 0 Å². The van der Waals surface area contributed by atoms with E-state index >= 15 is 0 Å². The Labute approximate surface area is 219 Å². The van der Waals surface area contributed by atoms with E-state index in [1.807, 2.05) is 4.90 Å². The minimum atomic E-state index is -3.36. The van der Waals surface area contributed by atoms with Gasteiger partial charge in [-0.1, -0.05) is 0 Å². The number of halogens is 1. The normalized spacial score (nSPS) is 21.6. The molecule has 1 aromatic carbocycles. The molecule has 13 heteroatoms. The molecule has 38 heavy (non-hydrogen) atoms. The smallest absolute Gasteiger partial charge is 0.275 e. The van der Waals surface area contributed by atoms with Gasteiger partial charge in [0, 0.05) is 56.3 Å². The molecule has 11 nitrogen and oxygen atoms in total. The summed E-state index contributed by atoms with van der Waals surface area (Å²) in [6.45, 7) is 2.27. The zero-order valence-corrected chi connectivity index (χ0v) is 21.7. The SMILES string of the molecule is CS(=O)(=O)N1CCN2c3cnc(NCc4c(F)ccc5c4CCO5)n4cnc(c34)C(=O)N(C3CC3)C[C@H]2C1. The number of piperazine rings is 1. The first kappa shape index (κ1) is 23.7. The van der Waals surface area contributed by atoms with E-state index in [2.05, 4.69) is 20.2 Å². The van der Waals surface area contributed by atoms with Crippen LogP contribution in [-0.2, 0) is 23.0 Å². The predicted octanol–water partition coefficient (Wildman–Crippen LogP) is 1.48. The zero-order chi connectivity index (χ0) is 26.2. The van der Waals surface area contributed by atoms with Crippen LogP contribution in [0.2, 0.25) is 0 Å². The van der Waals surface area contributed by atoms with Crippen LogP contribution in [0, 0.1) is 5.82 Å². The fourth-order valence-electron chi connectivity index (χ4n) is 5.92. The van der Waals surface area contributed by atoms with Gasteiger partial charge in [0.15, 0.2) is 5.69 Å². The molecule has 1 amide bonds. The molecule has 1 atom stereocenters. The van der Waals surface area contributed by atoms with Crippen molar-refractivity contribution in [2.24, 2.45) is 0 Å². The van der Waals surface area contributed by atoms with Crippen LogP contribution >= 0.6 is 0 Å². The van der Waals surface area contributed by atoms with Gasteiger partial charge < -0.3 is 19.9 Å². The van der Waals surface area contributed by atoms with Crippen LogP contribution in [0.4, 0.5) is 16.0 Å². The molecule has 0 unspecified atom stereocenters. The van der Waals surface area contributed by atoms with Crippen LogP contribution in [-0.4, -0.2) is 89.0 Å². The monoisotopic (exact) mass is 541 g/mol. The maximum absolute atomic E-state index is 14.7. The summed E-state index contributed by atoms with van der Waals surface area (Å²) >= 11 is 0. The number of rotatable bonds is 5. The van der Waals surface area contributed by atoms with Crippen molar-refractivity contribution >= 4 is 33.1 Å². The third kappa shape index (κ3) is 3.78. The molecular formula is C25H28FN7O4S. The largest absolute Gasteiger partial charge is 0.493 e. The Bertz CT molecular complexity index is 1570. The average molecular weight is 542 g/mol. The maximum atomic E-state index is 14.7. The molecule has 0 bridgehead atoms. The fourth-order valence-corrected chi connectivity index (χ4v) is 6.78. The van der Waals surface area contributed by atoms with Crippen LogP contribution < -0.4 is 15.0 Å². The van der Waals surface area contributed by atoms with Gasteiger partial charge in [-0.25, -0.2) is 22.8 Å². The Kier molecular flexibility index (Phi) is 5.31. The van der Waals surface area contributed by atoms with Gasteiger partial charge >= 0.3 is 0 Å². The number of benzene rings is 1. The lowest BCUT2D eigenvalue weighted by atomic mass is 10.0. The molecule has 1 saturated carbocycles. The van der Waals surface area contributed by atoms with Crippen LogP contribution in [0.3, 0.4) is 0 Å². The number of imidazole rings is 1. The molecule has 3 aromatic rings. The second-order valence-corrected chi connectivity index (χ2v) is 12.4. The minimum absolute atomic E-state index is 0.140. The van der Waals surface area contributed by atoms with Crippen molar-refractivity contribution in [3.8, 4) is 5.75 Å². The Morgan fingerprint density at radius 1 is 1.13 bits per heavy atom. The maximum Gasteiger partial charge on any atom is 0.275 e. The van der Waals surface area contributed by atoms with Crippen molar-refractivity contribution in [1.29, 1.82) is 0 Å². The molecule has 0 radical (unpaired) electrons. The van der Waals surface area contributed by atoms with Crippen LogP contribution in [0.5, 0.6) is 5.75 Å². The first-order chi connectivity index (χ1) is 18.3. The van der Waals surface area contributed by atoms with E-state index < -0.39 is 10.0 Å². The molecular weight excluding hydrogens is 513 g/mol. The Hall–Kier alpha value is -3.45. The van der Waals surface area contributed by atoms with E-state index in [9.17, 15) is 17.6 Å². The van der Waals surface area contributed by atoms with Crippen molar-refractivity contribution < 1.29 is 22.3 Å². The van der Waals surface area contributed by atoms with Crippen molar-refractivity contribution in [2.75, 3.05) is 49.3 Å². The van der Waals surface area contributed by atoms with E-state index in [1.54, 1.807) is 23.0 Å². The lowest BCUT2D eigenvalue weighted by molar-refractivity contribution is 0.0716. The predicted molar refractivity (Wildman–Crippen MR) is 138 cm³/mol. The number of ether oxygens (including phenoxy) is 1. The van der Waals surface area contributed by atoms with Crippen molar-refractivity contribution in [2.45, 2.75) is 37.9 Å². The van der Waals surface area contributed by atoms with E-state index in [1.165, 1.54) is 16.6 Å². The van der Waals surface area contributed by atoms with E-state index in [4.69, 9.17) is 4.74 Å². The summed E-state index contributed by atoms with van der Waals surface area (Å²) in [6.07, 6.45) is 7.01. The van der Waals surface area contributed by atoms with Crippen molar-refractivity contribution in [1.82, 2.24) is 23.6 Å². The summed E-state index contributed by atoms with van der Waals surface area (Å²) in [4.78, 5) is 26.9. The Morgan fingerprint density at radius 3 is 2.76 bits per heavy atom. The van der Waals surface area contributed by atoms with E-state index in [0.717, 1.165) is 24.1 Å². The zero-order valence-electron chi connectivity index (χ0n) is 20.9. The summed E-state index contributed by atoms with van der Waals surface area (Å²) in [5.41, 5.74) is 3.10. The third-order valence-corrected chi connectivity index (χ3v) is 9.26. The highest BCUT2D eigenvalue weighted by Crippen LogP contribution is 2.37. The summed E-state index contributed by atoms with van der Waals surface area (Å²) < 4.78 is 48.2. The number of anilines is 2. The molecule has 5 heterocycles. The second-order valence-electron chi connectivity index (χ2n) is 10.4. The lowest BCUT2D eigenvalue weighted by Gasteiger charge is -2.44. The molecule has 2 fully saturated rings. The number of nitrogens with zero attached hydrogens (tertiary/aromatic N) is 6. The number of sulfonamides is 1. The lowest BCUT2D eigenvalue weighted by Crippen LogP contribution is -2.59. The van der Waals surface area contributed by atoms with E-state index in [-0.39, 0.29) is 30.4 Å². The quantitative estimate of drug-likeness (QED) is 0.517. The van der Waals surface area contributed by atoms with Crippen LogP contribution in [0.25, 0.3) is 5.52 Å². The molecule has 1 aliphatic carbocycles. The molecule has 4 aliphatic rings. The number of nitrogens with one attached hydrogen (secondary N) is 1. The van der Waals surface area contributed by atoms with Crippen molar-refractivity contribution in [3.05, 3.63) is 47.3 Å². The number of hydrogen-bond acceptors (Lipinski definition) is 8. The minimum Gasteiger partial charge on any atom is -0.493 e. The first-order valence-corrected chi connectivity index (χ1v) is 14.7. The highest BCUT2D eigenvalue weighted by Gasteiger charge is 2.42. The topological polar surface area (TPSA) is 112 Å². The molecule has 3 aliphatic heterocycles. The highest BCUT2D eigenvalue weighted by molar-refractivity contribution is 7.88. The number of fused-ring (bicyclic) bond motifs is 3. The number of aromatic nitrogens is 3. The Morgan fingerprint density at radius 2 is 1.97 bits per heavy atom. The molecule has 200 valence electrons. The number of hydrogen-bond donors (Lipinski definition) is 1. The first-order valence-electron chi connectivity index (χ1n) is 12.9. The van der Waals surface area contributed by atoms with E-state index in [0.29, 0.717) is 67.7 Å². The fraction of sp³-hybridized carbons (Fsp3) is 0.480. The van der Waals surface area contributed by atoms with Crippen LogP contribution in [0.1, 0.15) is 34.5 Å².